The highest BCUT2D eigenvalue weighted by Crippen LogP contribution is 2.16. The molecule has 0 amide bonds. The first kappa shape index (κ1) is 19.4. The fraction of sp³-hybridized carbons (Fsp3) is 0.500. The van der Waals surface area contributed by atoms with E-state index in [0.717, 1.165) is 50.4 Å². The van der Waals surface area contributed by atoms with Crippen molar-refractivity contribution < 1.29 is 4.74 Å². The lowest BCUT2D eigenvalue weighted by atomic mass is 10.2. The highest BCUT2D eigenvalue weighted by molar-refractivity contribution is 5.69. The Labute approximate surface area is 169 Å². The standard InChI is InChI=1S/C20H27N7O2/c1-3-4-11-29-19-22-13-16-18(24-19)27(20(28)23-16)14-15-5-6-17(21-12-15)26-9-7-25(2)8-10-26/h5-6,12-13H,3-4,7-11,14H2,1-2H3,(H,23,28). The fourth-order valence-corrected chi connectivity index (χ4v) is 3.37. The predicted molar refractivity (Wildman–Crippen MR) is 112 cm³/mol. The van der Waals surface area contributed by atoms with Crippen molar-refractivity contribution in [3.05, 3.63) is 40.6 Å². The maximum absolute atomic E-state index is 12.4. The summed E-state index contributed by atoms with van der Waals surface area (Å²) in [5, 5.41) is 0. The van der Waals surface area contributed by atoms with E-state index in [1.807, 2.05) is 18.3 Å². The molecule has 1 fully saturated rings. The van der Waals surface area contributed by atoms with Gasteiger partial charge in [0.1, 0.15) is 11.3 Å². The smallest absolute Gasteiger partial charge is 0.328 e. The summed E-state index contributed by atoms with van der Waals surface area (Å²) in [7, 11) is 2.14. The summed E-state index contributed by atoms with van der Waals surface area (Å²) in [5.74, 6) is 0.974. The number of imidazole rings is 1. The topological polar surface area (TPSA) is 92.2 Å². The maximum atomic E-state index is 12.4. The van der Waals surface area contributed by atoms with Crippen molar-refractivity contribution in [3.63, 3.8) is 0 Å². The Kier molecular flexibility index (Phi) is 5.75. The number of ether oxygens (including phenoxy) is 1. The number of pyridine rings is 1. The van der Waals surface area contributed by atoms with Gasteiger partial charge in [-0.3, -0.25) is 4.57 Å². The molecular weight excluding hydrogens is 370 g/mol. The quantitative estimate of drug-likeness (QED) is 0.604. The van der Waals surface area contributed by atoms with Crippen LogP contribution in [0.1, 0.15) is 25.3 Å². The Morgan fingerprint density at radius 1 is 1.14 bits per heavy atom. The number of hydrogen-bond donors (Lipinski definition) is 1. The maximum Gasteiger partial charge on any atom is 0.328 e. The molecule has 0 unspecified atom stereocenters. The Bertz CT molecular complexity index is 1000. The van der Waals surface area contributed by atoms with Crippen molar-refractivity contribution >= 4 is 17.0 Å². The summed E-state index contributed by atoms with van der Waals surface area (Å²) < 4.78 is 7.18. The first-order valence-electron chi connectivity index (χ1n) is 10.1. The predicted octanol–water partition coefficient (Wildman–Crippen LogP) is 1.49. The second kappa shape index (κ2) is 8.60. The van der Waals surface area contributed by atoms with Crippen LogP contribution < -0.4 is 15.3 Å². The molecular formula is C20H27N7O2. The lowest BCUT2D eigenvalue weighted by Gasteiger charge is -2.33. The summed E-state index contributed by atoms with van der Waals surface area (Å²) in [6, 6.07) is 4.34. The molecule has 0 radical (unpaired) electrons. The van der Waals surface area contributed by atoms with E-state index in [1.165, 1.54) is 0 Å². The molecule has 0 aromatic carbocycles. The molecule has 9 heteroatoms. The number of nitrogens with one attached hydrogen (secondary N) is 1. The summed E-state index contributed by atoms with van der Waals surface area (Å²) >= 11 is 0. The largest absolute Gasteiger partial charge is 0.463 e. The number of H-pyrrole nitrogens is 1. The van der Waals surface area contributed by atoms with Gasteiger partial charge >= 0.3 is 11.7 Å². The molecule has 1 aliphatic rings. The number of hydrogen-bond acceptors (Lipinski definition) is 7. The van der Waals surface area contributed by atoms with Gasteiger partial charge in [0.05, 0.1) is 19.3 Å². The fourth-order valence-electron chi connectivity index (χ4n) is 3.37. The van der Waals surface area contributed by atoms with E-state index in [4.69, 9.17) is 4.74 Å². The molecule has 4 rings (SSSR count). The van der Waals surface area contributed by atoms with Gasteiger partial charge in [0.2, 0.25) is 0 Å². The summed E-state index contributed by atoms with van der Waals surface area (Å²) in [6.45, 7) is 7.08. The zero-order valence-corrected chi connectivity index (χ0v) is 17.0. The SMILES string of the molecule is CCCCOc1ncc2[nH]c(=O)n(Cc3ccc(N4CCN(C)CC4)nc3)c2n1. The lowest BCUT2D eigenvalue weighted by molar-refractivity contribution is 0.286. The van der Waals surface area contributed by atoms with Crippen molar-refractivity contribution in [1.29, 1.82) is 0 Å². The van der Waals surface area contributed by atoms with Crippen molar-refractivity contribution in [3.8, 4) is 6.01 Å². The number of piperazine rings is 1. The summed E-state index contributed by atoms with van der Waals surface area (Å²) in [5.41, 5.74) is 1.86. The Morgan fingerprint density at radius 2 is 1.97 bits per heavy atom. The summed E-state index contributed by atoms with van der Waals surface area (Å²) in [6.07, 6.45) is 5.40. The van der Waals surface area contributed by atoms with E-state index >= 15 is 0 Å². The van der Waals surface area contributed by atoms with Gasteiger partial charge in [-0.15, -0.1) is 0 Å². The van der Waals surface area contributed by atoms with E-state index < -0.39 is 0 Å². The minimum atomic E-state index is -0.219. The number of rotatable bonds is 7. The van der Waals surface area contributed by atoms with Gasteiger partial charge in [-0.05, 0) is 25.1 Å². The van der Waals surface area contributed by atoms with Crippen LogP contribution in [-0.2, 0) is 6.54 Å². The van der Waals surface area contributed by atoms with Gasteiger partial charge in [0.25, 0.3) is 0 Å². The van der Waals surface area contributed by atoms with Crippen LogP contribution in [-0.4, -0.2) is 69.2 Å². The number of aromatic nitrogens is 5. The Hall–Kier alpha value is -2.94. The van der Waals surface area contributed by atoms with Gasteiger partial charge in [-0.2, -0.15) is 4.98 Å². The number of aromatic amines is 1. The van der Waals surface area contributed by atoms with Crippen LogP contribution in [0.25, 0.3) is 11.2 Å². The highest BCUT2D eigenvalue weighted by Gasteiger charge is 2.16. The summed E-state index contributed by atoms with van der Waals surface area (Å²) in [4.78, 5) is 33.0. The molecule has 0 saturated carbocycles. The second-order valence-corrected chi connectivity index (χ2v) is 7.42. The normalized spacial score (nSPS) is 15.2. The van der Waals surface area contributed by atoms with E-state index in [9.17, 15) is 4.79 Å². The van der Waals surface area contributed by atoms with E-state index in [1.54, 1.807) is 10.8 Å². The zero-order chi connectivity index (χ0) is 20.2. The Balaban J connectivity index is 1.51. The van der Waals surface area contributed by atoms with Crippen LogP contribution in [0.4, 0.5) is 5.82 Å². The van der Waals surface area contributed by atoms with Gasteiger partial charge in [0.15, 0.2) is 5.65 Å². The molecule has 9 nitrogen and oxygen atoms in total. The highest BCUT2D eigenvalue weighted by atomic mass is 16.5. The number of fused-ring (bicyclic) bond motifs is 1. The van der Waals surface area contributed by atoms with Gasteiger partial charge in [-0.1, -0.05) is 19.4 Å². The van der Waals surface area contributed by atoms with Gasteiger partial charge in [-0.25, -0.2) is 14.8 Å². The molecule has 0 bridgehead atoms. The van der Waals surface area contributed by atoms with E-state index in [0.29, 0.717) is 30.3 Å². The minimum Gasteiger partial charge on any atom is -0.463 e. The van der Waals surface area contributed by atoms with Crippen LogP contribution in [0.2, 0.25) is 0 Å². The first-order valence-corrected chi connectivity index (χ1v) is 10.1. The molecule has 29 heavy (non-hydrogen) atoms. The third-order valence-corrected chi connectivity index (χ3v) is 5.20. The minimum absolute atomic E-state index is 0.219. The molecule has 1 N–H and O–H groups in total. The Morgan fingerprint density at radius 3 is 2.69 bits per heavy atom. The average Bonchev–Trinajstić information content (AvgIpc) is 3.04. The molecule has 3 aromatic heterocycles. The molecule has 4 heterocycles. The third kappa shape index (κ3) is 4.40. The van der Waals surface area contributed by atoms with Crippen molar-refractivity contribution in [1.82, 2.24) is 29.4 Å². The van der Waals surface area contributed by atoms with Gasteiger partial charge in [0, 0.05) is 32.4 Å². The van der Waals surface area contributed by atoms with Crippen molar-refractivity contribution in [2.75, 3.05) is 44.7 Å². The van der Waals surface area contributed by atoms with Crippen LogP contribution in [0.5, 0.6) is 6.01 Å². The number of nitrogens with zero attached hydrogens (tertiary/aromatic N) is 6. The van der Waals surface area contributed by atoms with Crippen LogP contribution >= 0.6 is 0 Å². The molecule has 1 saturated heterocycles. The van der Waals surface area contributed by atoms with E-state index in [-0.39, 0.29) is 5.69 Å². The number of unbranched alkanes of at least 4 members (excludes halogenated alkanes) is 1. The van der Waals surface area contributed by atoms with Crippen LogP contribution in [0, 0.1) is 0 Å². The monoisotopic (exact) mass is 397 g/mol. The first-order chi connectivity index (χ1) is 14.1. The van der Waals surface area contributed by atoms with Gasteiger partial charge < -0.3 is 19.5 Å². The zero-order valence-electron chi connectivity index (χ0n) is 17.0. The number of anilines is 1. The molecule has 154 valence electrons. The molecule has 0 aliphatic carbocycles. The van der Waals surface area contributed by atoms with E-state index in [2.05, 4.69) is 43.7 Å². The second-order valence-electron chi connectivity index (χ2n) is 7.42. The molecule has 3 aromatic rings. The van der Waals surface area contributed by atoms with Crippen LogP contribution in [0.3, 0.4) is 0 Å². The molecule has 0 spiro atoms. The third-order valence-electron chi connectivity index (χ3n) is 5.20. The molecule has 0 atom stereocenters. The number of likely N-dealkylation sites (N-methyl/N-ethyl adjacent to an activating group) is 1. The molecule has 1 aliphatic heterocycles. The van der Waals surface area contributed by atoms with Crippen LogP contribution in [0.15, 0.2) is 29.3 Å². The lowest BCUT2D eigenvalue weighted by Crippen LogP contribution is -2.44. The van der Waals surface area contributed by atoms with Crippen molar-refractivity contribution in [2.45, 2.75) is 26.3 Å². The van der Waals surface area contributed by atoms with Crippen molar-refractivity contribution in [2.24, 2.45) is 0 Å². The average molecular weight is 397 g/mol.